The van der Waals surface area contributed by atoms with E-state index >= 15 is 0 Å². The number of anilines is 6. The molecule has 380 valence electrons. The Morgan fingerprint density at radius 2 is 0.637 bits per heavy atom. The van der Waals surface area contributed by atoms with Gasteiger partial charge < -0.3 is 9.80 Å². The summed E-state index contributed by atoms with van der Waals surface area (Å²) in [7, 11) is 0. The SMILES string of the molecule is Cc1cc(-c2ccc3sc4ccccc4c3c2)ccc1-c1ccc(N(c2ccc(-c3ccc4c5ccccc5c5ccccc5c4c3)cc2)c2ccc3c(c2)C(C)(C)c2cc(N(c4ccccc4)c4ccccc4)ccc2-3)cc1C. The molecule has 0 radical (unpaired) electrons. The molecule has 1 aliphatic carbocycles. The lowest BCUT2D eigenvalue weighted by atomic mass is 9.82. The number of hydrogen-bond acceptors (Lipinski definition) is 3. The fourth-order valence-corrected chi connectivity index (χ4v) is 14.2. The van der Waals surface area contributed by atoms with Crippen molar-refractivity contribution in [2.24, 2.45) is 0 Å². The number of para-hydroxylation sites is 2. The number of aryl methyl sites for hydroxylation is 2. The largest absolute Gasteiger partial charge is 0.310 e. The molecule has 0 N–H and O–H groups in total. The molecule has 0 fully saturated rings. The van der Waals surface area contributed by atoms with E-state index in [0.29, 0.717) is 0 Å². The molecular formula is C77H56N2S. The third kappa shape index (κ3) is 7.83. The van der Waals surface area contributed by atoms with Crippen molar-refractivity contribution in [3.63, 3.8) is 0 Å². The van der Waals surface area contributed by atoms with Crippen molar-refractivity contribution in [3.8, 4) is 44.5 Å². The van der Waals surface area contributed by atoms with E-state index in [1.807, 2.05) is 11.3 Å². The number of nitrogens with zero attached hydrogens (tertiary/aromatic N) is 2. The number of benzene rings is 13. The van der Waals surface area contributed by atoms with Crippen molar-refractivity contribution in [3.05, 3.63) is 289 Å². The van der Waals surface area contributed by atoms with Crippen molar-refractivity contribution in [1.82, 2.24) is 0 Å². The second-order valence-corrected chi connectivity index (χ2v) is 23.2. The lowest BCUT2D eigenvalue weighted by molar-refractivity contribution is 0.660. The summed E-state index contributed by atoms with van der Waals surface area (Å²) in [6, 6.07) is 99.2. The normalized spacial score (nSPS) is 12.6. The van der Waals surface area contributed by atoms with Gasteiger partial charge in [0.25, 0.3) is 0 Å². The average molecular weight is 1040 g/mol. The van der Waals surface area contributed by atoms with E-state index < -0.39 is 0 Å². The second kappa shape index (κ2) is 18.8. The number of fused-ring (bicyclic) bond motifs is 12. The summed E-state index contributed by atoms with van der Waals surface area (Å²) in [6.45, 7) is 9.31. The predicted octanol–water partition coefficient (Wildman–Crippen LogP) is 22.4. The Labute approximate surface area is 471 Å². The van der Waals surface area contributed by atoms with Crippen LogP contribution in [0.3, 0.4) is 0 Å². The number of hydrogen-bond donors (Lipinski definition) is 0. The first-order valence-electron chi connectivity index (χ1n) is 27.8. The Bertz CT molecular complexity index is 4690. The van der Waals surface area contributed by atoms with Gasteiger partial charge in [0.1, 0.15) is 0 Å². The maximum atomic E-state index is 2.46. The van der Waals surface area contributed by atoms with Gasteiger partial charge in [-0.25, -0.2) is 0 Å². The molecule has 2 nitrogen and oxygen atoms in total. The summed E-state index contributed by atoms with van der Waals surface area (Å²) in [4.78, 5) is 4.82. The molecule has 1 aromatic heterocycles. The third-order valence-corrected chi connectivity index (χ3v) is 18.2. The molecule has 80 heavy (non-hydrogen) atoms. The lowest BCUT2D eigenvalue weighted by Gasteiger charge is -2.29. The highest BCUT2D eigenvalue weighted by atomic mass is 32.1. The van der Waals surface area contributed by atoms with E-state index in [4.69, 9.17) is 0 Å². The standard InChI is InChI=1S/C77H56N2S/c1-49-43-52(54-31-42-76-72(46-54)70-25-15-16-26-75(70)80-76)29-37-61(49)62-39-34-58(44-50(62)2)79(57-32-27-51(28-33-57)53-30-38-67-65-23-12-11-21-63(65)64-22-13-14-24-66(64)71(67)45-53)60-36-41-69-68-40-35-59(47-73(68)77(3,4)74(69)48-60)78(55-17-7-5-8-18-55)56-19-9-6-10-20-56/h5-48H,1-4H3. The summed E-state index contributed by atoms with van der Waals surface area (Å²) in [5.74, 6) is 0. The van der Waals surface area contributed by atoms with Crippen LogP contribution in [0, 0.1) is 13.8 Å². The van der Waals surface area contributed by atoms with Crippen LogP contribution in [0.15, 0.2) is 267 Å². The van der Waals surface area contributed by atoms with Gasteiger partial charge in [0.2, 0.25) is 0 Å². The molecule has 1 heterocycles. The fraction of sp³-hybridized carbons (Fsp3) is 0.0649. The molecule has 0 spiro atoms. The van der Waals surface area contributed by atoms with Crippen LogP contribution >= 0.6 is 11.3 Å². The van der Waals surface area contributed by atoms with Crippen molar-refractivity contribution < 1.29 is 0 Å². The summed E-state index contributed by atoms with van der Waals surface area (Å²) >= 11 is 1.87. The van der Waals surface area contributed by atoms with Crippen molar-refractivity contribution in [1.29, 1.82) is 0 Å². The van der Waals surface area contributed by atoms with Gasteiger partial charge >= 0.3 is 0 Å². The monoisotopic (exact) mass is 1040 g/mol. The van der Waals surface area contributed by atoms with Crippen LogP contribution in [-0.2, 0) is 5.41 Å². The minimum absolute atomic E-state index is 0.274. The summed E-state index contributed by atoms with van der Waals surface area (Å²) in [5, 5.41) is 10.4. The molecular weight excluding hydrogens is 985 g/mol. The van der Waals surface area contributed by atoms with Crippen LogP contribution in [0.25, 0.3) is 97.0 Å². The Hall–Kier alpha value is -9.54. The highest BCUT2D eigenvalue weighted by Crippen LogP contribution is 2.53. The topological polar surface area (TPSA) is 6.48 Å². The van der Waals surface area contributed by atoms with E-state index in [2.05, 4.69) is 304 Å². The molecule has 1 aliphatic rings. The lowest BCUT2D eigenvalue weighted by Crippen LogP contribution is -2.17. The quantitative estimate of drug-likeness (QED) is 0.133. The van der Waals surface area contributed by atoms with E-state index in [1.54, 1.807) is 0 Å². The first kappa shape index (κ1) is 47.7. The maximum absolute atomic E-state index is 2.46. The van der Waals surface area contributed by atoms with E-state index in [-0.39, 0.29) is 5.41 Å². The van der Waals surface area contributed by atoms with Gasteiger partial charge in [-0.3, -0.25) is 0 Å². The number of thiophene rings is 1. The fourth-order valence-electron chi connectivity index (χ4n) is 13.1. The van der Waals surface area contributed by atoms with Crippen LogP contribution < -0.4 is 9.80 Å². The van der Waals surface area contributed by atoms with Crippen LogP contribution in [0.2, 0.25) is 0 Å². The maximum Gasteiger partial charge on any atom is 0.0465 e. The molecule has 15 rings (SSSR count). The van der Waals surface area contributed by atoms with Gasteiger partial charge in [0, 0.05) is 59.7 Å². The minimum Gasteiger partial charge on any atom is -0.310 e. The van der Waals surface area contributed by atoms with Crippen LogP contribution in [0.1, 0.15) is 36.1 Å². The molecule has 0 unspecified atom stereocenters. The Kier molecular flexibility index (Phi) is 11.2. The molecule has 3 heteroatoms. The predicted molar refractivity (Wildman–Crippen MR) is 345 cm³/mol. The Balaban J connectivity index is 0.819. The van der Waals surface area contributed by atoms with Gasteiger partial charge in [-0.15, -0.1) is 11.3 Å². The van der Waals surface area contributed by atoms with E-state index in [9.17, 15) is 0 Å². The van der Waals surface area contributed by atoms with E-state index in [1.165, 1.54) is 119 Å². The molecule has 14 aromatic rings. The highest BCUT2D eigenvalue weighted by Gasteiger charge is 2.37. The molecule has 0 atom stereocenters. The minimum atomic E-state index is -0.274. The summed E-state index contributed by atoms with van der Waals surface area (Å²) in [6.07, 6.45) is 0. The number of rotatable bonds is 9. The van der Waals surface area contributed by atoms with Crippen molar-refractivity contribution in [2.75, 3.05) is 9.80 Å². The first-order chi connectivity index (χ1) is 39.2. The van der Waals surface area contributed by atoms with Crippen LogP contribution in [0.4, 0.5) is 34.1 Å². The zero-order valence-corrected chi connectivity index (χ0v) is 46.0. The average Bonchev–Trinajstić information content (AvgIpc) is 4.02. The van der Waals surface area contributed by atoms with Gasteiger partial charge in [0.15, 0.2) is 0 Å². The van der Waals surface area contributed by atoms with Gasteiger partial charge in [-0.05, 0) is 210 Å². The van der Waals surface area contributed by atoms with Crippen molar-refractivity contribution in [2.45, 2.75) is 33.1 Å². The summed E-state index contributed by atoms with van der Waals surface area (Å²) < 4.78 is 2.66. The molecule has 0 aliphatic heterocycles. The highest BCUT2D eigenvalue weighted by molar-refractivity contribution is 7.25. The molecule has 0 saturated carbocycles. The van der Waals surface area contributed by atoms with E-state index in [0.717, 1.165) is 34.1 Å². The second-order valence-electron chi connectivity index (χ2n) is 22.2. The smallest absolute Gasteiger partial charge is 0.0465 e. The van der Waals surface area contributed by atoms with Gasteiger partial charge in [-0.1, -0.05) is 184 Å². The first-order valence-corrected chi connectivity index (χ1v) is 28.6. The zero-order valence-electron chi connectivity index (χ0n) is 45.2. The Morgan fingerprint density at radius 3 is 1.23 bits per heavy atom. The molecule has 13 aromatic carbocycles. The molecule has 0 saturated heterocycles. The van der Waals surface area contributed by atoms with Crippen LogP contribution in [0.5, 0.6) is 0 Å². The van der Waals surface area contributed by atoms with Crippen LogP contribution in [-0.4, -0.2) is 0 Å². The Morgan fingerprint density at radius 1 is 0.263 bits per heavy atom. The zero-order chi connectivity index (χ0) is 53.6. The molecule has 0 amide bonds. The van der Waals surface area contributed by atoms with Gasteiger partial charge in [-0.2, -0.15) is 0 Å². The van der Waals surface area contributed by atoms with Gasteiger partial charge in [0.05, 0.1) is 0 Å². The van der Waals surface area contributed by atoms with Crippen molar-refractivity contribution >= 4 is 98.0 Å². The summed E-state index contributed by atoms with van der Waals surface area (Å²) in [5.41, 5.74) is 21.5. The molecule has 0 bridgehead atoms. The third-order valence-electron chi connectivity index (χ3n) is 17.1.